The van der Waals surface area contributed by atoms with E-state index in [9.17, 15) is 4.79 Å². The number of hydrogen-bond acceptors (Lipinski definition) is 3. The first-order valence-electron chi connectivity index (χ1n) is 6.38. The monoisotopic (exact) mass is 242 g/mol. The molecule has 0 aromatic heterocycles. The van der Waals surface area contributed by atoms with Crippen molar-refractivity contribution in [3.05, 3.63) is 0 Å². The number of nitrogens with two attached hydrogens (primary N) is 1. The van der Waals surface area contributed by atoms with Gasteiger partial charge in [-0.3, -0.25) is 4.79 Å². The summed E-state index contributed by atoms with van der Waals surface area (Å²) >= 11 is 1.78. The normalized spacial score (nSPS) is 28.9. The summed E-state index contributed by atoms with van der Waals surface area (Å²) in [5.74, 6) is 1.34. The molecule has 2 rings (SSSR count). The second kappa shape index (κ2) is 5.41. The molecule has 0 aromatic rings. The van der Waals surface area contributed by atoms with Gasteiger partial charge in [-0.25, -0.2) is 0 Å². The van der Waals surface area contributed by atoms with Crippen LogP contribution in [-0.2, 0) is 4.79 Å². The highest BCUT2D eigenvalue weighted by atomic mass is 32.2. The Morgan fingerprint density at radius 2 is 2.06 bits per heavy atom. The molecule has 0 aromatic carbocycles. The van der Waals surface area contributed by atoms with E-state index >= 15 is 0 Å². The minimum atomic E-state index is -0.128. The minimum Gasteiger partial charge on any atom is -0.353 e. The summed E-state index contributed by atoms with van der Waals surface area (Å²) < 4.78 is 0. The lowest BCUT2D eigenvalue weighted by atomic mass is 9.82. The van der Waals surface area contributed by atoms with E-state index in [0.29, 0.717) is 6.54 Å². The van der Waals surface area contributed by atoms with Crippen LogP contribution in [0, 0.1) is 0 Å². The Balaban J connectivity index is 1.75. The van der Waals surface area contributed by atoms with E-state index in [4.69, 9.17) is 5.73 Å². The topological polar surface area (TPSA) is 55.1 Å². The average molecular weight is 242 g/mol. The van der Waals surface area contributed by atoms with Crippen molar-refractivity contribution in [1.82, 2.24) is 5.32 Å². The van der Waals surface area contributed by atoms with E-state index in [-0.39, 0.29) is 16.7 Å². The van der Waals surface area contributed by atoms with Crippen molar-refractivity contribution < 1.29 is 4.79 Å². The van der Waals surface area contributed by atoms with Gasteiger partial charge in [-0.05, 0) is 31.4 Å². The number of nitrogens with one attached hydrogen (secondary N) is 1. The van der Waals surface area contributed by atoms with Gasteiger partial charge in [-0.2, -0.15) is 0 Å². The van der Waals surface area contributed by atoms with Crippen molar-refractivity contribution in [2.75, 3.05) is 12.3 Å². The maximum atomic E-state index is 11.8. The zero-order valence-corrected chi connectivity index (χ0v) is 10.7. The molecule has 16 heavy (non-hydrogen) atoms. The molecule has 1 saturated carbocycles. The van der Waals surface area contributed by atoms with Gasteiger partial charge in [-0.1, -0.05) is 19.3 Å². The van der Waals surface area contributed by atoms with Crippen LogP contribution in [0.1, 0.15) is 44.9 Å². The van der Waals surface area contributed by atoms with E-state index < -0.39 is 0 Å². The van der Waals surface area contributed by atoms with Gasteiger partial charge in [0.25, 0.3) is 0 Å². The molecule has 1 aliphatic carbocycles. The summed E-state index contributed by atoms with van der Waals surface area (Å²) in [4.78, 5) is 11.8. The van der Waals surface area contributed by atoms with Gasteiger partial charge in [0.15, 0.2) is 0 Å². The molecule has 4 heteroatoms. The van der Waals surface area contributed by atoms with Gasteiger partial charge in [0.1, 0.15) is 0 Å². The molecular formula is C12H22N2OS. The van der Waals surface area contributed by atoms with Crippen LogP contribution in [0.3, 0.4) is 0 Å². The number of rotatable bonds is 3. The second-order valence-electron chi connectivity index (χ2n) is 5.14. The third kappa shape index (κ3) is 3.14. The summed E-state index contributed by atoms with van der Waals surface area (Å²) in [5.41, 5.74) is 6.16. The Morgan fingerprint density at radius 3 is 2.69 bits per heavy atom. The van der Waals surface area contributed by atoms with Crippen LogP contribution in [-0.4, -0.2) is 29.0 Å². The van der Waals surface area contributed by atoms with Crippen molar-refractivity contribution >= 4 is 17.7 Å². The van der Waals surface area contributed by atoms with Gasteiger partial charge < -0.3 is 11.1 Å². The zero-order chi connectivity index (χ0) is 11.4. The number of carbonyl (C=O) groups excluding carboxylic acids is 1. The van der Waals surface area contributed by atoms with Crippen LogP contribution in [0.2, 0.25) is 0 Å². The molecule has 1 atom stereocenters. The molecule has 92 valence electrons. The molecule has 2 fully saturated rings. The zero-order valence-electron chi connectivity index (χ0n) is 9.84. The van der Waals surface area contributed by atoms with Gasteiger partial charge >= 0.3 is 0 Å². The highest BCUT2D eigenvalue weighted by molar-refractivity contribution is 8.00. The van der Waals surface area contributed by atoms with Crippen LogP contribution < -0.4 is 11.1 Å². The Kier molecular flexibility index (Phi) is 4.14. The Labute approximate surface area is 102 Å². The number of thioether (sulfide) groups is 1. The van der Waals surface area contributed by atoms with Crippen LogP contribution in [0.25, 0.3) is 0 Å². The molecule has 2 aliphatic rings. The molecule has 1 amide bonds. The van der Waals surface area contributed by atoms with E-state index in [1.165, 1.54) is 25.7 Å². The lowest BCUT2D eigenvalue weighted by molar-refractivity contribution is -0.120. The first-order chi connectivity index (χ1) is 7.70. The van der Waals surface area contributed by atoms with E-state index in [1.807, 2.05) is 0 Å². The van der Waals surface area contributed by atoms with E-state index in [0.717, 1.165) is 25.0 Å². The maximum Gasteiger partial charge on any atom is 0.233 e. The lowest BCUT2D eigenvalue weighted by Crippen LogP contribution is -2.52. The lowest BCUT2D eigenvalue weighted by Gasteiger charge is -2.33. The predicted octanol–water partition coefficient (Wildman–Crippen LogP) is 1.66. The third-order valence-corrected chi connectivity index (χ3v) is 5.06. The van der Waals surface area contributed by atoms with Crippen LogP contribution in [0.4, 0.5) is 0 Å². The van der Waals surface area contributed by atoms with Crippen molar-refractivity contribution in [3.63, 3.8) is 0 Å². The van der Waals surface area contributed by atoms with Gasteiger partial charge in [0.2, 0.25) is 5.91 Å². The number of carbonyl (C=O) groups is 1. The Hall–Kier alpha value is -0.220. The van der Waals surface area contributed by atoms with Crippen molar-refractivity contribution in [2.24, 2.45) is 5.73 Å². The number of amides is 1. The largest absolute Gasteiger partial charge is 0.353 e. The van der Waals surface area contributed by atoms with Crippen LogP contribution >= 0.6 is 11.8 Å². The summed E-state index contributed by atoms with van der Waals surface area (Å²) in [7, 11) is 0. The van der Waals surface area contributed by atoms with E-state index in [2.05, 4.69) is 5.32 Å². The summed E-state index contributed by atoms with van der Waals surface area (Å²) in [6.45, 7) is 0.670. The van der Waals surface area contributed by atoms with Gasteiger partial charge in [0.05, 0.1) is 5.25 Å². The molecule has 1 aliphatic heterocycles. The molecule has 0 radical (unpaired) electrons. The second-order valence-corrected chi connectivity index (χ2v) is 6.45. The van der Waals surface area contributed by atoms with Crippen molar-refractivity contribution in [2.45, 2.75) is 55.7 Å². The summed E-state index contributed by atoms with van der Waals surface area (Å²) in [5, 5.41) is 3.24. The smallest absolute Gasteiger partial charge is 0.233 e. The first kappa shape index (κ1) is 12.2. The molecule has 1 unspecified atom stereocenters. The fourth-order valence-electron chi connectivity index (χ4n) is 2.59. The van der Waals surface area contributed by atoms with Gasteiger partial charge in [-0.15, -0.1) is 11.8 Å². The van der Waals surface area contributed by atoms with Crippen LogP contribution in [0.15, 0.2) is 0 Å². The fraction of sp³-hybridized carbons (Fsp3) is 0.917. The highest BCUT2D eigenvalue weighted by Crippen LogP contribution is 2.27. The minimum absolute atomic E-state index is 0.128. The maximum absolute atomic E-state index is 11.8. The first-order valence-corrected chi connectivity index (χ1v) is 7.43. The van der Waals surface area contributed by atoms with E-state index in [1.54, 1.807) is 11.8 Å². The average Bonchev–Trinajstić information content (AvgIpc) is 2.80. The number of hydrogen-bond donors (Lipinski definition) is 2. The molecule has 3 N–H and O–H groups in total. The molecule has 0 bridgehead atoms. The fourth-order valence-corrected chi connectivity index (χ4v) is 3.78. The van der Waals surface area contributed by atoms with Crippen molar-refractivity contribution in [1.29, 1.82) is 0 Å². The Morgan fingerprint density at radius 1 is 1.31 bits per heavy atom. The molecule has 3 nitrogen and oxygen atoms in total. The molecular weight excluding hydrogens is 220 g/mol. The standard InChI is InChI=1S/C12H22N2OS/c13-12(6-2-1-3-7-12)9-14-11(15)10-5-4-8-16-10/h10H,1-9,13H2,(H,14,15). The SMILES string of the molecule is NC1(CNC(=O)C2CCCS2)CCCCC1. The summed E-state index contributed by atoms with van der Waals surface area (Å²) in [6.07, 6.45) is 8.06. The van der Waals surface area contributed by atoms with Gasteiger partial charge in [0, 0.05) is 12.1 Å². The van der Waals surface area contributed by atoms with Crippen LogP contribution in [0.5, 0.6) is 0 Å². The third-order valence-electron chi connectivity index (χ3n) is 3.69. The molecule has 0 spiro atoms. The Bertz CT molecular complexity index is 245. The predicted molar refractivity (Wildman–Crippen MR) is 68.5 cm³/mol. The molecule has 1 saturated heterocycles. The molecule has 1 heterocycles. The quantitative estimate of drug-likeness (QED) is 0.791. The highest BCUT2D eigenvalue weighted by Gasteiger charge is 2.29. The summed E-state index contributed by atoms with van der Waals surface area (Å²) in [6, 6.07) is 0. The van der Waals surface area contributed by atoms with Crippen molar-refractivity contribution in [3.8, 4) is 0 Å².